The maximum absolute atomic E-state index is 12.2. The molecular weight excluding hydrogens is 903 g/mol. The van der Waals surface area contributed by atoms with Crippen molar-refractivity contribution < 1.29 is 30.0 Å². The van der Waals surface area contributed by atoms with Crippen molar-refractivity contribution in [2.24, 2.45) is 16.7 Å². The number of aromatic nitrogens is 1. The molecule has 3 aromatic carbocycles. The molecule has 1 N–H and O–H groups in total. The number of carbonyl (C=O) groups excluding carboxylic acids is 1. The minimum atomic E-state index is -0.337. The van der Waals surface area contributed by atoms with Crippen LogP contribution in [0.5, 0.6) is 0 Å². The molecule has 0 aliphatic rings. The first-order chi connectivity index (χ1) is 25.9. The number of benzene rings is 3. The molecule has 0 aliphatic heterocycles. The van der Waals surface area contributed by atoms with Crippen LogP contribution in [0.1, 0.15) is 124 Å². The van der Waals surface area contributed by atoms with E-state index in [1.165, 1.54) is 63.6 Å². The first-order valence-electron chi connectivity index (χ1n) is 20.2. The van der Waals surface area contributed by atoms with Crippen molar-refractivity contribution in [3.8, 4) is 21.0 Å². The van der Waals surface area contributed by atoms with Gasteiger partial charge in [-0.05, 0) is 96.9 Å². The molecule has 0 unspecified atom stereocenters. The molecule has 1 radical (unpaired) electrons. The Morgan fingerprint density at radius 2 is 1.41 bits per heavy atom. The number of nitrogens with zero attached hydrogens (tertiary/aromatic N) is 1. The molecule has 0 fully saturated rings. The third-order valence-corrected chi connectivity index (χ3v) is 14.9. The molecule has 0 atom stereocenters. The Labute approximate surface area is 358 Å². The van der Waals surface area contributed by atoms with E-state index in [1.54, 1.807) is 0 Å². The Balaban J connectivity index is 0.000000330. The number of thiophene rings is 2. The van der Waals surface area contributed by atoms with Gasteiger partial charge in [-0.25, -0.2) is 0 Å². The minimum Gasteiger partial charge on any atom is -0.512 e. The predicted molar refractivity (Wildman–Crippen MR) is 242 cm³/mol. The Morgan fingerprint density at radius 1 is 0.804 bits per heavy atom. The van der Waals surface area contributed by atoms with Gasteiger partial charge in [0.05, 0.1) is 0 Å². The van der Waals surface area contributed by atoms with Gasteiger partial charge < -0.3 is 5.11 Å². The number of aliphatic hydroxyl groups is 1. The summed E-state index contributed by atoms with van der Waals surface area (Å²) < 4.78 is 2.63. The molecule has 0 aliphatic carbocycles. The fourth-order valence-corrected chi connectivity index (χ4v) is 10.0. The van der Waals surface area contributed by atoms with Gasteiger partial charge in [-0.3, -0.25) is 9.78 Å². The topological polar surface area (TPSA) is 50.2 Å². The molecule has 0 bridgehead atoms. The van der Waals surface area contributed by atoms with Crippen LogP contribution in [0.2, 0.25) is 0 Å². The number of allylic oxidation sites excluding steroid dienone is 2. The molecule has 56 heavy (non-hydrogen) atoms. The van der Waals surface area contributed by atoms with Crippen LogP contribution in [-0.4, -0.2) is 15.9 Å². The van der Waals surface area contributed by atoms with Gasteiger partial charge in [0.25, 0.3) is 0 Å². The zero-order valence-corrected chi connectivity index (χ0v) is 39.9. The van der Waals surface area contributed by atoms with E-state index in [-0.39, 0.29) is 47.9 Å². The average molecular weight is 965 g/mol. The van der Waals surface area contributed by atoms with E-state index >= 15 is 0 Å². The molecule has 301 valence electrons. The van der Waals surface area contributed by atoms with Gasteiger partial charge in [0.15, 0.2) is 5.78 Å². The number of fused-ring (bicyclic) bond motifs is 3. The number of pyridine rings is 1. The van der Waals surface area contributed by atoms with E-state index in [0.717, 1.165) is 48.7 Å². The van der Waals surface area contributed by atoms with Gasteiger partial charge in [-0.15, -0.1) is 51.8 Å². The molecule has 3 nitrogen and oxygen atoms in total. The molecule has 3 aromatic heterocycles. The maximum Gasteiger partial charge on any atom is 0.164 e. The molecule has 6 aromatic rings. The summed E-state index contributed by atoms with van der Waals surface area (Å²) >= 11 is 3.81. The monoisotopic (exact) mass is 965 g/mol. The number of rotatable bonds is 11. The summed E-state index contributed by atoms with van der Waals surface area (Å²) in [5.74, 6) is 0.945. The van der Waals surface area contributed by atoms with Crippen molar-refractivity contribution >= 4 is 59.4 Å². The Bertz CT molecular complexity index is 2340. The van der Waals surface area contributed by atoms with E-state index in [0.29, 0.717) is 5.92 Å². The molecule has 6 heteroatoms. The van der Waals surface area contributed by atoms with E-state index in [1.807, 2.05) is 70.4 Å². The SMILES string of the molecule is CCC(C)(CC)C(=O)/C=C(\O)C(C)(CC)CC.Cc1c(-c2sc3c(-c4[c-]c5ccccc5c(C(C)(C)C)c4)nccc3c2C)sc2ccc(CC(C)C)cc12.[Ir]. The van der Waals surface area contributed by atoms with Crippen LogP contribution in [0.15, 0.2) is 72.6 Å². The van der Waals surface area contributed by atoms with E-state index in [4.69, 9.17) is 4.98 Å². The van der Waals surface area contributed by atoms with Crippen LogP contribution in [0.4, 0.5) is 0 Å². The summed E-state index contributed by atoms with van der Waals surface area (Å²) in [6.07, 6.45) is 7.84. The number of aliphatic hydroxyl groups excluding tert-OH is 1. The van der Waals surface area contributed by atoms with Gasteiger partial charge in [0.2, 0.25) is 0 Å². The number of aryl methyl sites for hydroxylation is 2. The Hall–Kier alpha value is -3.15. The average Bonchev–Trinajstić information content (AvgIpc) is 3.68. The third kappa shape index (κ3) is 9.25. The van der Waals surface area contributed by atoms with Gasteiger partial charge in [-0.1, -0.05) is 117 Å². The summed E-state index contributed by atoms with van der Waals surface area (Å²) in [5.41, 5.74) is 7.06. The van der Waals surface area contributed by atoms with Gasteiger partial charge in [0.1, 0.15) is 5.76 Å². The van der Waals surface area contributed by atoms with Crippen LogP contribution in [0.3, 0.4) is 0 Å². The third-order valence-electron chi connectivity index (χ3n) is 12.1. The molecule has 6 rings (SSSR count). The van der Waals surface area contributed by atoms with Gasteiger partial charge >= 0.3 is 0 Å². The van der Waals surface area contributed by atoms with Crippen molar-refractivity contribution in [3.05, 3.63) is 101 Å². The van der Waals surface area contributed by atoms with Crippen molar-refractivity contribution in [1.82, 2.24) is 4.98 Å². The van der Waals surface area contributed by atoms with Gasteiger partial charge in [-0.2, -0.15) is 0 Å². The van der Waals surface area contributed by atoms with E-state index < -0.39 is 0 Å². The van der Waals surface area contributed by atoms with E-state index in [2.05, 4.69) is 109 Å². The molecule has 3 heterocycles. The fourth-order valence-electron chi connectivity index (χ4n) is 7.30. The molecule has 0 saturated heterocycles. The number of hydrogen-bond donors (Lipinski definition) is 1. The fraction of sp³-hybridized carbons (Fsp3) is 0.440. The predicted octanol–water partition coefficient (Wildman–Crippen LogP) is 15.6. The normalized spacial score (nSPS) is 12.6. The number of carbonyl (C=O) groups is 1. The summed E-state index contributed by atoms with van der Waals surface area (Å²) in [6.45, 7) is 28.1. The van der Waals surface area contributed by atoms with Crippen LogP contribution in [0, 0.1) is 36.7 Å². The van der Waals surface area contributed by atoms with Crippen LogP contribution >= 0.6 is 22.7 Å². The zero-order chi connectivity index (χ0) is 40.5. The van der Waals surface area contributed by atoms with Crippen molar-refractivity contribution in [2.75, 3.05) is 0 Å². The standard InChI is InChI=1S/C35H34NS2.C15H28O2.Ir/c1-20(2)16-23-12-13-30-28(17-23)22(4)32(37-30)33-21(3)26-14-15-36-31(34(26)38-33)25-18-24-10-8-9-11-27(24)29(19-25)35(5,6)7;1-7-14(5,8-2)12(16)11-13(17)15(6,9-3)10-4;/h8-15,17,19-20H,16H2,1-7H3;11,16H,7-10H2,1-6H3;/q-1;;/b;12-11-;. The number of hydrogen-bond acceptors (Lipinski definition) is 5. The van der Waals surface area contributed by atoms with Crippen LogP contribution in [0.25, 0.3) is 52.0 Å². The Morgan fingerprint density at radius 3 is 2.02 bits per heavy atom. The second-order valence-corrected chi connectivity index (χ2v) is 19.5. The summed E-state index contributed by atoms with van der Waals surface area (Å²) in [5, 5.41) is 15.3. The van der Waals surface area contributed by atoms with Crippen LogP contribution in [-0.2, 0) is 36.7 Å². The van der Waals surface area contributed by atoms with Crippen molar-refractivity contribution in [1.29, 1.82) is 0 Å². The largest absolute Gasteiger partial charge is 0.512 e. The quantitative estimate of drug-likeness (QED) is 0.0800. The first-order valence-corrected chi connectivity index (χ1v) is 21.9. The van der Waals surface area contributed by atoms with Crippen molar-refractivity contribution in [2.45, 2.75) is 128 Å². The second-order valence-electron chi connectivity index (χ2n) is 17.4. The zero-order valence-electron chi connectivity index (χ0n) is 35.9. The van der Waals surface area contributed by atoms with E-state index in [9.17, 15) is 9.90 Å². The second kappa shape index (κ2) is 18.2. The van der Waals surface area contributed by atoms with Crippen molar-refractivity contribution in [3.63, 3.8) is 0 Å². The molecule has 0 amide bonds. The van der Waals surface area contributed by atoms with Gasteiger partial charge in [0, 0.05) is 68.1 Å². The number of ketones is 1. The molecule has 0 saturated carbocycles. The first kappa shape index (κ1) is 45.6. The summed E-state index contributed by atoms with van der Waals surface area (Å²) in [6, 6.07) is 23.9. The smallest absolute Gasteiger partial charge is 0.164 e. The Kier molecular flexibility index (Phi) is 14.8. The molecular formula is C50H62IrNO2S2-. The molecule has 0 spiro atoms. The van der Waals surface area contributed by atoms with Crippen LogP contribution < -0.4 is 0 Å². The summed E-state index contributed by atoms with van der Waals surface area (Å²) in [4.78, 5) is 19.9. The summed E-state index contributed by atoms with van der Waals surface area (Å²) in [7, 11) is 0. The minimum absolute atomic E-state index is 0. The maximum atomic E-state index is 12.2.